The van der Waals surface area contributed by atoms with Crippen LogP contribution in [0.4, 0.5) is 0 Å². The van der Waals surface area contributed by atoms with Crippen LogP contribution in [0, 0.1) is 0 Å². The van der Waals surface area contributed by atoms with E-state index in [1.54, 1.807) is 0 Å². The van der Waals surface area contributed by atoms with Crippen LogP contribution in [0.2, 0.25) is 0 Å². The fourth-order valence-electron chi connectivity index (χ4n) is 3.11. The first-order valence-corrected chi connectivity index (χ1v) is 8.53. The zero-order valence-corrected chi connectivity index (χ0v) is 14.0. The van der Waals surface area contributed by atoms with Gasteiger partial charge in [-0.2, -0.15) is 10.2 Å². The number of hydrogen-bond donors (Lipinski definition) is 0. The zero-order valence-electron chi connectivity index (χ0n) is 14.0. The van der Waals surface area contributed by atoms with Crippen molar-refractivity contribution < 1.29 is 0 Å². The molecule has 1 aliphatic carbocycles. The lowest BCUT2D eigenvalue weighted by Gasteiger charge is -2.21. The lowest BCUT2D eigenvalue weighted by atomic mass is 10.1. The monoisotopic (exact) mass is 321 g/mol. The van der Waals surface area contributed by atoms with E-state index in [0.717, 1.165) is 25.7 Å². The molecule has 2 heterocycles. The molecule has 124 valence electrons. The largest absolute Gasteiger partial charge is 0.292 e. The van der Waals surface area contributed by atoms with Crippen molar-refractivity contribution in [2.75, 3.05) is 0 Å². The molecular formula is C19H23N5. The second-order valence-electron chi connectivity index (χ2n) is 6.68. The summed E-state index contributed by atoms with van der Waals surface area (Å²) in [6.45, 7) is 2.81. The summed E-state index contributed by atoms with van der Waals surface area (Å²) in [5.41, 5.74) is 3.95. The Morgan fingerprint density at radius 2 is 1.79 bits per heavy atom. The number of rotatable bonds is 7. The van der Waals surface area contributed by atoms with Crippen molar-refractivity contribution in [1.82, 2.24) is 24.5 Å². The Hall–Kier alpha value is -2.40. The minimum Gasteiger partial charge on any atom is -0.292 e. The molecule has 1 saturated carbocycles. The molecule has 1 fully saturated rings. The third-order valence-electron chi connectivity index (χ3n) is 4.52. The summed E-state index contributed by atoms with van der Waals surface area (Å²) in [6, 6.07) is 11.6. The van der Waals surface area contributed by atoms with Crippen LogP contribution in [-0.2, 0) is 26.7 Å². The number of aryl methyl sites for hydroxylation is 1. The van der Waals surface area contributed by atoms with Crippen LogP contribution in [-0.4, -0.2) is 30.5 Å². The first-order valence-electron chi connectivity index (χ1n) is 8.53. The third-order valence-corrected chi connectivity index (χ3v) is 4.52. The second-order valence-corrected chi connectivity index (χ2v) is 6.68. The molecule has 0 N–H and O–H groups in total. The Kier molecular flexibility index (Phi) is 4.17. The summed E-state index contributed by atoms with van der Waals surface area (Å²) < 4.78 is 3.83. The Bertz CT molecular complexity index is 768. The maximum absolute atomic E-state index is 4.29. The molecule has 0 bridgehead atoms. The summed E-state index contributed by atoms with van der Waals surface area (Å²) in [6.07, 6.45) is 10.5. The fourth-order valence-corrected chi connectivity index (χ4v) is 3.11. The van der Waals surface area contributed by atoms with Gasteiger partial charge in [-0.25, -0.2) is 0 Å². The first kappa shape index (κ1) is 15.1. The first-order chi connectivity index (χ1) is 11.8. The van der Waals surface area contributed by atoms with Crippen LogP contribution in [0.25, 0.3) is 0 Å². The highest BCUT2D eigenvalue weighted by atomic mass is 15.3. The van der Waals surface area contributed by atoms with Crippen molar-refractivity contribution in [2.45, 2.75) is 38.5 Å². The summed E-state index contributed by atoms with van der Waals surface area (Å²) in [5.74, 6) is 0. The quantitative estimate of drug-likeness (QED) is 0.672. The van der Waals surface area contributed by atoms with Crippen LogP contribution >= 0.6 is 0 Å². The summed E-state index contributed by atoms with van der Waals surface area (Å²) >= 11 is 0. The molecule has 1 aliphatic rings. The van der Waals surface area contributed by atoms with E-state index in [2.05, 4.69) is 45.6 Å². The van der Waals surface area contributed by atoms with Gasteiger partial charge >= 0.3 is 0 Å². The standard InChI is InChI=1S/C19H23N5/c1-22-12-18(11-21-22)14-23(19-7-8-19)13-16-3-5-17(6-4-16)15-24-10-2-9-20-24/h2-6,9-12,19H,7-8,13-15H2,1H3. The van der Waals surface area contributed by atoms with Crippen LogP contribution in [0.15, 0.2) is 55.1 Å². The summed E-state index contributed by atoms with van der Waals surface area (Å²) in [7, 11) is 1.98. The highest BCUT2D eigenvalue weighted by Crippen LogP contribution is 2.29. The molecule has 0 radical (unpaired) electrons. The average Bonchev–Trinajstić information content (AvgIpc) is 3.16. The van der Waals surface area contributed by atoms with E-state index >= 15 is 0 Å². The number of aromatic nitrogens is 4. The Morgan fingerprint density at radius 1 is 1.04 bits per heavy atom. The maximum Gasteiger partial charge on any atom is 0.0659 e. The molecule has 24 heavy (non-hydrogen) atoms. The van der Waals surface area contributed by atoms with Gasteiger partial charge in [0.25, 0.3) is 0 Å². The van der Waals surface area contributed by atoms with E-state index in [9.17, 15) is 0 Å². The second kappa shape index (κ2) is 6.61. The molecular weight excluding hydrogens is 298 g/mol. The van der Waals surface area contributed by atoms with Gasteiger partial charge in [0.2, 0.25) is 0 Å². The smallest absolute Gasteiger partial charge is 0.0659 e. The Morgan fingerprint density at radius 3 is 2.42 bits per heavy atom. The lowest BCUT2D eigenvalue weighted by Crippen LogP contribution is -2.24. The molecule has 1 aromatic carbocycles. The molecule has 0 aliphatic heterocycles. The Labute approximate surface area is 142 Å². The van der Waals surface area contributed by atoms with Gasteiger partial charge in [-0.1, -0.05) is 24.3 Å². The van der Waals surface area contributed by atoms with Crippen molar-refractivity contribution >= 4 is 0 Å². The molecule has 5 nitrogen and oxygen atoms in total. The predicted molar refractivity (Wildman–Crippen MR) is 93.2 cm³/mol. The molecule has 0 unspecified atom stereocenters. The van der Waals surface area contributed by atoms with E-state index in [0.29, 0.717) is 0 Å². The van der Waals surface area contributed by atoms with Gasteiger partial charge in [0.05, 0.1) is 12.7 Å². The van der Waals surface area contributed by atoms with Crippen LogP contribution in [0.1, 0.15) is 29.5 Å². The van der Waals surface area contributed by atoms with Gasteiger partial charge in [0.1, 0.15) is 0 Å². The van der Waals surface area contributed by atoms with Gasteiger partial charge in [0, 0.05) is 50.3 Å². The van der Waals surface area contributed by atoms with Crippen molar-refractivity contribution in [3.63, 3.8) is 0 Å². The van der Waals surface area contributed by atoms with Crippen LogP contribution in [0.3, 0.4) is 0 Å². The van der Waals surface area contributed by atoms with E-state index in [4.69, 9.17) is 0 Å². The molecule has 0 amide bonds. The lowest BCUT2D eigenvalue weighted by molar-refractivity contribution is 0.245. The molecule has 0 atom stereocenters. The highest BCUT2D eigenvalue weighted by molar-refractivity contribution is 5.23. The van der Waals surface area contributed by atoms with Gasteiger partial charge in [-0.3, -0.25) is 14.3 Å². The van der Waals surface area contributed by atoms with E-state index in [1.165, 1.54) is 29.5 Å². The van der Waals surface area contributed by atoms with E-state index in [1.807, 2.05) is 41.1 Å². The van der Waals surface area contributed by atoms with Crippen molar-refractivity contribution in [3.8, 4) is 0 Å². The zero-order chi connectivity index (χ0) is 16.4. The van der Waals surface area contributed by atoms with Gasteiger partial charge in [0.15, 0.2) is 0 Å². The minimum absolute atomic E-state index is 0.731. The molecule has 0 saturated heterocycles. The molecule has 4 rings (SSSR count). The van der Waals surface area contributed by atoms with Crippen molar-refractivity contribution in [1.29, 1.82) is 0 Å². The SMILES string of the molecule is Cn1cc(CN(Cc2ccc(Cn3cccn3)cc2)C2CC2)cn1. The van der Waals surface area contributed by atoms with E-state index < -0.39 is 0 Å². The molecule has 3 aromatic rings. The number of hydrogen-bond acceptors (Lipinski definition) is 3. The predicted octanol–water partition coefficient (Wildman–Crippen LogP) is 2.83. The summed E-state index contributed by atoms with van der Waals surface area (Å²) in [4.78, 5) is 2.57. The number of benzene rings is 1. The van der Waals surface area contributed by atoms with Crippen LogP contribution in [0.5, 0.6) is 0 Å². The van der Waals surface area contributed by atoms with Crippen LogP contribution < -0.4 is 0 Å². The highest BCUT2D eigenvalue weighted by Gasteiger charge is 2.29. The minimum atomic E-state index is 0.731. The topological polar surface area (TPSA) is 38.9 Å². The number of nitrogens with zero attached hydrogens (tertiary/aromatic N) is 5. The van der Waals surface area contributed by atoms with Gasteiger partial charge in [-0.15, -0.1) is 0 Å². The van der Waals surface area contributed by atoms with Crippen molar-refractivity contribution in [2.24, 2.45) is 7.05 Å². The average molecular weight is 321 g/mol. The van der Waals surface area contributed by atoms with Gasteiger partial charge < -0.3 is 0 Å². The van der Waals surface area contributed by atoms with Crippen molar-refractivity contribution in [3.05, 3.63) is 71.8 Å². The third kappa shape index (κ3) is 3.74. The van der Waals surface area contributed by atoms with Gasteiger partial charge in [-0.05, 0) is 30.0 Å². The maximum atomic E-state index is 4.29. The Balaban J connectivity index is 1.40. The normalized spacial score (nSPS) is 14.4. The fraction of sp³-hybridized carbons (Fsp3) is 0.368. The van der Waals surface area contributed by atoms with E-state index in [-0.39, 0.29) is 0 Å². The summed E-state index contributed by atoms with van der Waals surface area (Å²) in [5, 5.41) is 8.55. The molecule has 0 spiro atoms. The molecule has 2 aromatic heterocycles. The molecule has 5 heteroatoms.